The molecular formula is C17H18ClN. The van der Waals surface area contributed by atoms with Gasteiger partial charge in [-0.1, -0.05) is 60.1 Å². The van der Waals surface area contributed by atoms with E-state index in [1.807, 2.05) is 12.1 Å². The van der Waals surface area contributed by atoms with Gasteiger partial charge in [-0.3, -0.25) is 0 Å². The first kappa shape index (κ1) is 12.7. The highest BCUT2D eigenvalue weighted by molar-refractivity contribution is 6.31. The third-order valence-corrected chi connectivity index (χ3v) is 4.36. The van der Waals surface area contributed by atoms with Crippen LogP contribution >= 0.6 is 11.6 Å². The SMILES string of the molecule is Clc1ccccc1C1CNCCC1c1ccccc1. The summed E-state index contributed by atoms with van der Waals surface area (Å²) < 4.78 is 0. The Morgan fingerprint density at radius 3 is 2.42 bits per heavy atom. The monoisotopic (exact) mass is 271 g/mol. The molecule has 2 heteroatoms. The van der Waals surface area contributed by atoms with E-state index in [2.05, 4.69) is 47.8 Å². The molecule has 2 aromatic rings. The summed E-state index contributed by atoms with van der Waals surface area (Å²) in [6.45, 7) is 2.09. The number of halogens is 1. The molecule has 0 saturated carbocycles. The van der Waals surface area contributed by atoms with Gasteiger partial charge < -0.3 is 5.32 Å². The molecule has 1 nitrogen and oxygen atoms in total. The fraction of sp³-hybridized carbons (Fsp3) is 0.294. The lowest BCUT2D eigenvalue weighted by Crippen LogP contribution is -2.34. The molecule has 1 N–H and O–H groups in total. The van der Waals surface area contributed by atoms with Gasteiger partial charge in [0.05, 0.1) is 0 Å². The molecule has 3 rings (SSSR count). The summed E-state index contributed by atoms with van der Waals surface area (Å²) in [6.07, 6.45) is 1.17. The van der Waals surface area contributed by atoms with Gasteiger partial charge in [0, 0.05) is 17.5 Å². The normalized spacial score (nSPS) is 23.2. The molecule has 2 atom stereocenters. The molecule has 19 heavy (non-hydrogen) atoms. The van der Waals surface area contributed by atoms with Crippen LogP contribution in [0.25, 0.3) is 0 Å². The van der Waals surface area contributed by atoms with E-state index < -0.39 is 0 Å². The van der Waals surface area contributed by atoms with E-state index in [-0.39, 0.29) is 0 Å². The highest BCUT2D eigenvalue weighted by Crippen LogP contribution is 2.39. The topological polar surface area (TPSA) is 12.0 Å². The van der Waals surface area contributed by atoms with E-state index >= 15 is 0 Å². The summed E-state index contributed by atoms with van der Waals surface area (Å²) in [5.41, 5.74) is 2.69. The van der Waals surface area contributed by atoms with Crippen LogP contribution in [0.2, 0.25) is 5.02 Å². The predicted molar refractivity (Wildman–Crippen MR) is 80.9 cm³/mol. The van der Waals surface area contributed by atoms with Crippen LogP contribution in [0.1, 0.15) is 29.4 Å². The number of hydrogen-bond acceptors (Lipinski definition) is 1. The van der Waals surface area contributed by atoms with Crippen LogP contribution in [-0.2, 0) is 0 Å². The zero-order valence-electron chi connectivity index (χ0n) is 10.9. The summed E-state index contributed by atoms with van der Waals surface area (Å²) in [5.74, 6) is 1.02. The Labute approximate surface area is 119 Å². The second-order valence-corrected chi connectivity index (χ2v) is 5.55. The molecule has 2 unspecified atom stereocenters. The minimum Gasteiger partial charge on any atom is -0.316 e. The first-order valence-electron chi connectivity index (χ1n) is 6.86. The Bertz CT molecular complexity index is 538. The average Bonchev–Trinajstić information content (AvgIpc) is 2.49. The zero-order chi connectivity index (χ0) is 13.1. The summed E-state index contributed by atoms with van der Waals surface area (Å²) in [7, 11) is 0. The zero-order valence-corrected chi connectivity index (χ0v) is 11.6. The molecule has 0 aromatic heterocycles. The van der Waals surface area contributed by atoms with Crippen LogP contribution in [0.15, 0.2) is 54.6 Å². The summed E-state index contributed by atoms with van der Waals surface area (Å²) >= 11 is 6.38. The van der Waals surface area contributed by atoms with Crippen molar-refractivity contribution in [3.63, 3.8) is 0 Å². The van der Waals surface area contributed by atoms with Gasteiger partial charge in [-0.2, -0.15) is 0 Å². The molecule has 1 aliphatic heterocycles. The molecule has 0 bridgehead atoms. The number of nitrogens with one attached hydrogen (secondary N) is 1. The maximum Gasteiger partial charge on any atom is 0.0441 e. The summed E-state index contributed by atoms with van der Waals surface area (Å²) in [4.78, 5) is 0. The van der Waals surface area contributed by atoms with Gasteiger partial charge in [0.15, 0.2) is 0 Å². The van der Waals surface area contributed by atoms with Crippen molar-refractivity contribution in [3.05, 3.63) is 70.7 Å². The molecular weight excluding hydrogens is 254 g/mol. The summed E-state index contributed by atoms with van der Waals surface area (Å²) in [5, 5.41) is 4.39. The van der Waals surface area contributed by atoms with E-state index in [0.717, 1.165) is 18.1 Å². The third kappa shape index (κ3) is 2.68. The molecule has 98 valence electrons. The van der Waals surface area contributed by atoms with Gasteiger partial charge in [0.25, 0.3) is 0 Å². The Morgan fingerprint density at radius 2 is 1.63 bits per heavy atom. The van der Waals surface area contributed by atoms with E-state index in [1.54, 1.807) is 0 Å². The van der Waals surface area contributed by atoms with Crippen molar-refractivity contribution in [2.45, 2.75) is 18.3 Å². The van der Waals surface area contributed by atoms with E-state index in [1.165, 1.54) is 17.5 Å². The molecule has 2 aromatic carbocycles. The van der Waals surface area contributed by atoms with Crippen molar-refractivity contribution >= 4 is 11.6 Å². The predicted octanol–water partition coefficient (Wildman–Crippen LogP) is 4.20. The first-order valence-corrected chi connectivity index (χ1v) is 7.24. The van der Waals surface area contributed by atoms with Crippen molar-refractivity contribution in [1.82, 2.24) is 5.32 Å². The third-order valence-electron chi connectivity index (χ3n) is 4.01. The molecule has 0 aliphatic carbocycles. The van der Waals surface area contributed by atoms with Gasteiger partial charge in [-0.25, -0.2) is 0 Å². The van der Waals surface area contributed by atoms with Crippen LogP contribution in [-0.4, -0.2) is 13.1 Å². The Morgan fingerprint density at radius 1 is 0.895 bits per heavy atom. The lowest BCUT2D eigenvalue weighted by Gasteiger charge is -2.33. The van der Waals surface area contributed by atoms with Crippen molar-refractivity contribution < 1.29 is 0 Å². The quantitative estimate of drug-likeness (QED) is 0.863. The smallest absolute Gasteiger partial charge is 0.0441 e. The van der Waals surface area contributed by atoms with E-state index in [9.17, 15) is 0 Å². The molecule has 1 aliphatic rings. The average molecular weight is 272 g/mol. The number of hydrogen-bond donors (Lipinski definition) is 1. The Hall–Kier alpha value is -1.31. The maximum atomic E-state index is 6.38. The molecule has 1 heterocycles. The van der Waals surface area contributed by atoms with Gasteiger partial charge in [-0.15, -0.1) is 0 Å². The minimum absolute atomic E-state index is 0.463. The fourth-order valence-corrected chi connectivity index (χ4v) is 3.34. The molecule has 0 amide bonds. The van der Waals surface area contributed by atoms with Crippen molar-refractivity contribution in [1.29, 1.82) is 0 Å². The Balaban J connectivity index is 1.96. The van der Waals surface area contributed by atoms with Crippen LogP contribution in [0, 0.1) is 0 Å². The maximum absolute atomic E-state index is 6.38. The number of rotatable bonds is 2. The van der Waals surface area contributed by atoms with Gasteiger partial charge in [-0.05, 0) is 36.1 Å². The van der Waals surface area contributed by atoms with Gasteiger partial charge in [0.2, 0.25) is 0 Å². The minimum atomic E-state index is 0.463. The molecule has 0 spiro atoms. The van der Waals surface area contributed by atoms with E-state index in [0.29, 0.717) is 11.8 Å². The van der Waals surface area contributed by atoms with Crippen molar-refractivity contribution in [2.24, 2.45) is 0 Å². The van der Waals surface area contributed by atoms with Crippen LogP contribution in [0.5, 0.6) is 0 Å². The van der Waals surface area contributed by atoms with Crippen LogP contribution < -0.4 is 5.32 Å². The second-order valence-electron chi connectivity index (χ2n) is 5.14. The van der Waals surface area contributed by atoms with Crippen molar-refractivity contribution in [2.75, 3.05) is 13.1 Å². The van der Waals surface area contributed by atoms with Crippen LogP contribution in [0.4, 0.5) is 0 Å². The standard InChI is InChI=1S/C17H18ClN/c18-17-9-5-4-8-15(17)16-12-19-11-10-14(16)13-6-2-1-3-7-13/h1-9,14,16,19H,10-12H2. The number of benzene rings is 2. The molecule has 1 saturated heterocycles. The molecule has 0 radical (unpaired) electrons. The van der Waals surface area contributed by atoms with Gasteiger partial charge >= 0.3 is 0 Å². The van der Waals surface area contributed by atoms with Gasteiger partial charge in [0.1, 0.15) is 0 Å². The molecule has 1 fully saturated rings. The lowest BCUT2D eigenvalue weighted by atomic mass is 9.77. The summed E-state index contributed by atoms with van der Waals surface area (Å²) in [6, 6.07) is 19.0. The van der Waals surface area contributed by atoms with Crippen LogP contribution in [0.3, 0.4) is 0 Å². The van der Waals surface area contributed by atoms with E-state index in [4.69, 9.17) is 11.6 Å². The highest BCUT2D eigenvalue weighted by atomic mass is 35.5. The lowest BCUT2D eigenvalue weighted by molar-refractivity contribution is 0.404. The fourth-order valence-electron chi connectivity index (χ4n) is 3.06. The first-order chi connectivity index (χ1) is 9.36. The van der Waals surface area contributed by atoms with Crippen molar-refractivity contribution in [3.8, 4) is 0 Å². The largest absolute Gasteiger partial charge is 0.316 e. The highest BCUT2D eigenvalue weighted by Gasteiger charge is 2.28. The Kier molecular flexibility index (Phi) is 3.86. The second kappa shape index (κ2) is 5.77. The number of piperidine rings is 1.